The van der Waals surface area contributed by atoms with E-state index in [1.54, 1.807) is 16.7 Å². The van der Waals surface area contributed by atoms with Gasteiger partial charge in [-0.1, -0.05) is 30.3 Å². The van der Waals surface area contributed by atoms with Gasteiger partial charge >= 0.3 is 5.69 Å². The first kappa shape index (κ1) is 21.5. The number of hydrogen-bond donors (Lipinski definition) is 0. The molecule has 30 heavy (non-hydrogen) atoms. The van der Waals surface area contributed by atoms with Gasteiger partial charge in [0.15, 0.2) is 0 Å². The van der Waals surface area contributed by atoms with Crippen LogP contribution < -0.4 is 5.69 Å². The van der Waals surface area contributed by atoms with Crippen LogP contribution in [0.3, 0.4) is 0 Å². The predicted octanol–water partition coefficient (Wildman–Crippen LogP) is 3.51. The van der Waals surface area contributed by atoms with Crippen molar-refractivity contribution >= 4 is 37.3 Å². The summed E-state index contributed by atoms with van der Waals surface area (Å²) in [7, 11) is -3.48. The molecule has 3 aromatic rings. The van der Waals surface area contributed by atoms with Gasteiger partial charge in [0.1, 0.15) is 10.0 Å². The van der Waals surface area contributed by atoms with Crippen molar-refractivity contribution in [3.05, 3.63) is 68.1 Å². The number of nitrogens with zero attached hydrogens (tertiary/aromatic N) is 4. The molecule has 4 rings (SSSR count). The van der Waals surface area contributed by atoms with Crippen molar-refractivity contribution in [1.82, 2.24) is 18.7 Å². The van der Waals surface area contributed by atoms with Crippen LogP contribution in [-0.4, -0.2) is 40.2 Å². The first-order valence-electron chi connectivity index (χ1n) is 9.87. The fourth-order valence-corrected chi connectivity index (χ4v) is 7.47. The Labute approximate surface area is 188 Å². The van der Waals surface area contributed by atoms with Gasteiger partial charge in [0.05, 0.1) is 10.3 Å². The van der Waals surface area contributed by atoms with Crippen LogP contribution in [0.4, 0.5) is 0 Å². The fraction of sp³-hybridized carbons (Fsp3) is 0.400. The Kier molecular flexibility index (Phi) is 6.29. The van der Waals surface area contributed by atoms with E-state index in [1.807, 2.05) is 37.3 Å². The van der Waals surface area contributed by atoms with Gasteiger partial charge in [-0.15, -0.1) is 11.3 Å². The van der Waals surface area contributed by atoms with Gasteiger partial charge in [-0.3, -0.25) is 4.57 Å². The van der Waals surface area contributed by atoms with Gasteiger partial charge in [0, 0.05) is 25.6 Å². The lowest BCUT2D eigenvalue weighted by Gasteiger charge is -2.30. The molecule has 1 aliphatic heterocycles. The molecule has 10 heteroatoms. The average Bonchev–Trinajstić information content (AvgIpc) is 3.33. The summed E-state index contributed by atoms with van der Waals surface area (Å²) in [6, 6.07) is 13.2. The highest BCUT2D eigenvalue weighted by molar-refractivity contribution is 9.11. The van der Waals surface area contributed by atoms with E-state index in [0.717, 1.165) is 15.2 Å². The quantitative estimate of drug-likeness (QED) is 0.508. The Balaban J connectivity index is 1.52. The zero-order valence-corrected chi connectivity index (χ0v) is 19.8. The fourth-order valence-electron chi connectivity index (χ4n) is 3.83. The predicted molar refractivity (Wildman–Crippen MR) is 120 cm³/mol. The molecule has 1 aromatic carbocycles. The molecular formula is C20H23BrN4O3S2. The molecule has 0 aliphatic carbocycles. The van der Waals surface area contributed by atoms with E-state index >= 15 is 0 Å². The second kappa shape index (κ2) is 8.78. The summed E-state index contributed by atoms with van der Waals surface area (Å²) < 4.78 is 31.7. The third-order valence-corrected chi connectivity index (χ3v) is 9.39. The largest absolute Gasteiger partial charge is 0.346 e. The molecule has 2 aromatic heterocycles. The molecule has 0 atom stereocenters. The van der Waals surface area contributed by atoms with E-state index in [9.17, 15) is 13.2 Å². The number of rotatable bonds is 6. The molecule has 0 unspecified atom stereocenters. The highest BCUT2D eigenvalue weighted by Crippen LogP contribution is 2.33. The Morgan fingerprint density at radius 3 is 2.43 bits per heavy atom. The van der Waals surface area contributed by atoms with Gasteiger partial charge in [0.2, 0.25) is 0 Å². The van der Waals surface area contributed by atoms with Crippen LogP contribution in [0, 0.1) is 0 Å². The summed E-state index contributed by atoms with van der Waals surface area (Å²) in [5.41, 5.74) is 0.907. The minimum absolute atomic E-state index is 0.0659. The third-order valence-electron chi connectivity index (χ3n) is 5.40. The van der Waals surface area contributed by atoms with Crippen LogP contribution in [0.25, 0.3) is 0 Å². The normalized spacial score (nSPS) is 16.2. The summed E-state index contributed by atoms with van der Waals surface area (Å²) in [5, 5.41) is 4.64. The van der Waals surface area contributed by atoms with Crippen LogP contribution >= 0.6 is 27.3 Å². The summed E-state index contributed by atoms with van der Waals surface area (Å²) in [4.78, 5) is 12.8. The van der Waals surface area contributed by atoms with Gasteiger partial charge < -0.3 is 0 Å². The smallest absolute Gasteiger partial charge is 0.279 e. The van der Waals surface area contributed by atoms with Crippen LogP contribution in [0.1, 0.15) is 37.1 Å². The maximum Gasteiger partial charge on any atom is 0.346 e. The number of sulfonamides is 1. The highest BCUT2D eigenvalue weighted by Gasteiger charge is 2.33. The molecule has 0 N–H and O–H groups in total. The SMILES string of the molecule is CCn1c(C2CCN(S(=O)(=O)c3ccc(Br)s3)CC2)nn(Cc2ccccc2)c1=O. The molecule has 0 radical (unpaired) electrons. The Hall–Kier alpha value is -1.75. The number of piperidine rings is 1. The first-order valence-corrected chi connectivity index (χ1v) is 12.9. The first-order chi connectivity index (χ1) is 14.4. The molecule has 0 saturated carbocycles. The highest BCUT2D eigenvalue weighted by atomic mass is 79.9. The lowest BCUT2D eigenvalue weighted by Crippen LogP contribution is -2.38. The summed E-state index contributed by atoms with van der Waals surface area (Å²) in [5.74, 6) is 0.825. The minimum atomic E-state index is -3.48. The van der Waals surface area contributed by atoms with Gasteiger partial charge in [-0.05, 0) is 53.4 Å². The van der Waals surface area contributed by atoms with E-state index < -0.39 is 10.0 Å². The van der Waals surface area contributed by atoms with Crippen molar-refractivity contribution in [3.8, 4) is 0 Å². The van der Waals surface area contributed by atoms with Crippen molar-refractivity contribution < 1.29 is 8.42 Å². The van der Waals surface area contributed by atoms with Gasteiger partial charge in [0.25, 0.3) is 10.0 Å². The number of aromatic nitrogens is 3. The van der Waals surface area contributed by atoms with E-state index in [2.05, 4.69) is 21.0 Å². The second-order valence-electron chi connectivity index (χ2n) is 7.27. The van der Waals surface area contributed by atoms with Crippen molar-refractivity contribution in [2.45, 2.75) is 43.0 Å². The maximum atomic E-state index is 12.9. The van der Waals surface area contributed by atoms with Crippen molar-refractivity contribution in [2.24, 2.45) is 0 Å². The molecule has 1 aliphatic rings. The van der Waals surface area contributed by atoms with Crippen molar-refractivity contribution in [2.75, 3.05) is 13.1 Å². The van der Waals surface area contributed by atoms with Gasteiger partial charge in [-0.25, -0.2) is 17.9 Å². The monoisotopic (exact) mass is 510 g/mol. The molecule has 160 valence electrons. The Morgan fingerprint density at radius 1 is 1.13 bits per heavy atom. The van der Waals surface area contributed by atoms with Crippen LogP contribution in [-0.2, 0) is 23.1 Å². The Morgan fingerprint density at radius 2 is 1.83 bits per heavy atom. The van der Waals surface area contributed by atoms with Crippen molar-refractivity contribution in [3.63, 3.8) is 0 Å². The summed E-state index contributed by atoms with van der Waals surface area (Å²) in [6.45, 7) is 3.76. The molecule has 0 spiro atoms. The molecule has 1 fully saturated rings. The zero-order chi connectivity index (χ0) is 21.3. The lowest BCUT2D eigenvalue weighted by atomic mass is 9.97. The second-order valence-corrected chi connectivity index (χ2v) is 11.9. The minimum Gasteiger partial charge on any atom is -0.279 e. The molecule has 7 nitrogen and oxygen atoms in total. The van der Waals surface area contributed by atoms with E-state index in [1.165, 1.54) is 20.3 Å². The number of thiophene rings is 1. The number of halogens is 1. The van der Waals surface area contributed by atoms with Crippen LogP contribution in [0.5, 0.6) is 0 Å². The number of benzene rings is 1. The third kappa shape index (κ3) is 4.18. The average molecular weight is 511 g/mol. The summed E-state index contributed by atoms with van der Waals surface area (Å²) >= 11 is 4.55. The van der Waals surface area contributed by atoms with Gasteiger partial charge in [-0.2, -0.15) is 9.40 Å². The summed E-state index contributed by atoms with van der Waals surface area (Å²) in [6.07, 6.45) is 1.29. The maximum absolute atomic E-state index is 12.9. The molecular weight excluding hydrogens is 488 g/mol. The zero-order valence-electron chi connectivity index (χ0n) is 16.6. The molecule has 0 amide bonds. The Bertz CT molecular complexity index is 1180. The van der Waals surface area contributed by atoms with Crippen LogP contribution in [0.15, 0.2) is 55.3 Å². The number of hydrogen-bond acceptors (Lipinski definition) is 5. The van der Waals surface area contributed by atoms with Crippen molar-refractivity contribution in [1.29, 1.82) is 0 Å². The molecule has 0 bridgehead atoms. The topological polar surface area (TPSA) is 77.2 Å². The lowest BCUT2D eigenvalue weighted by molar-refractivity contribution is 0.309. The van der Waals surface area contributed by atoms with E-state index in [-0.39, 0.29) is 11.6 Å². The van der Waals surface area contributed by atoms with E-state index in [4.69, 9.17) is 0 Å². The van der Waals surface area contributed by atoms with E-state index in [0.29, 0.717) is 43.2 Å². The molecule has 1 saturated heterocycles. The standard InChI is InChI=1S/C20H23BrN4O3S2/c1-2-24-19(22-25(20(24)26)14-15-6-4-3-5-7-15)16-10-12-23(13-11-16)30(27,28)18-9-8-17(21)29-18/h3-9,16H,2,10-14H2,1H3. The van der Waals surface area contributed by atoms with Crippen LogP contribution in [0.2, 0.25) is 0 Å². The molecule has 3 heterocycles.